The summed E-state index contributed by atoms with van der Waals surface area (Å²) in [6.45, 7) is 5.65. The van der Waals surface area contributed by atoms with Gasteiger partial charge in [-0.05, 0) is 13.8 Å². The second-order valence-electron chi connectivity index (χ2n) is 4.15. The Kier molecular flexibility index (Phi) is 7.21. The number of methoxy groups -OCH3 is 1. The highest BCUT2D eigenvalue weighted by molar-refractivity contribution is 5.88. The number of aliphatic hydroxyl groups is 1. The number of amides is 1. The molecule has 0 aliphatic heterocycles. The molecular formula is C12H21NO4. The van der Waals surface area contributed by atoms with Crippen molar-refractivity contribution in [3.63, 3.8) is 0 Å². The van der Waals surface area contributed by atoms with Crippen molar-refractivity contribution in [1.29, 1.82) is 0 Å². The van der Waals surface area contributed by atoms with Crippen molar-refractivity contribution in [2.24, 2.45) is 5.92 Å². The first kappa shape index (κ1) is 15.6. The summed E-state index contributed by atoms with van der Waals surface area (Å²) in [7, 11) is 1.31. The molecule has 5 nitrogen and oxygen atoms in total. The Morgan fingerprint density at radius 1 is 1.41 bits per heavy atom. The number of carbonyl (C=O) groups is 2. The zero-order valence-corrected chi connectivity index (χ0v) is 10.9. The van der Waals surface area contributed by atoms with Crippen molar-refractivity contribution in [2.45, 2.75) is 20.8 Å². The van der Waals surface area contributed by atoms with E-state index in [1.165, 1.54) is 18.1 Å². The van der Waals surface area contributed by atoms with Gasteiger partial charge in [0.15, 0.2) is 0 Å². The molecule has 1 atom stereocenters. The highest BCUT2D eigenvalue weighted by atomic mass is 16.5. The van der Waals surface area contributed by atoms with Crippen LogP contribution in [0.3, 0.4) is 0 Å². The van der Waals surface area contributed by atoms with Gasteiger partial charge in [0.05, 0.1) is 19.6 Å². The van der Waals surface area contributed by atoms with Crippen LogP contribution in [0.1, 0.15) is 20.8 Å². The Hall–Kier alpha value is -1.36. The van der Waals surface area contributed by atoms with Crippen LogP contribution in [0.2, 0.25) is 0 Å². The predicted molar refractivity (Wildman–Crippen MR) is 64.3 cm³/mol. The largest absolute Gasteiger partial charge is 0.469 e. The Morgan fingerprint density at radius 3 is 2.41 bits per heavy atom. The van der Waals surface area contributed by atoms with E-state index in [0.29, 0.717) is 0 Å². The zero-order chi connectivity index (χ0) is 13.4. The molecule has 0 bridgehead atoms. The van der Waals surface area contributed by atoms with Crippen LogP contribution in [-0.4, -0.2) is 48.7 Å². The maximum absolute atomic E-state index is 11.8. The number of carbonyl (C=O) groups excluding carboxylic acids is 2. The lowest BCUT2D eigenvalue weighted by Crippen LogP contribution is -2.38. The Balaban J connectivity index is 4.58. The fourth-order valence-corrected chi connectivity index (χ4v) is 1.36. The summed E-state index contributed by atoms with van der Waals surface area (Å²) in [6.07, 6.45) is 1.49. The first-order chi connectivity index (χ1) is 7.92. The molecular weight excluding hydrogens is 222 g/mol. The molecule has 1 N–H and O–H groups in total. The zero-order valence-electron chi connectivity index (χ0n) is 10.9. The third-order valence-electron chi connectivity index (χ3n) is 2.19. The van der Waals surface area contributed by atoms with E-state index < -0.39 is 5.92 Å². The van der Waals surface area contributed by atoms with E-state index in [1.54, 1.807) is 6.92 Å². The lowest BCUT2D eigenvalue weighted by molar-refractivity contribution is -0.146. The smallest absolute Gasteiger partial charge is 0.310 e. The maximum Gasteiger partial charge on any atom is 0.310 e. The van der Waals surface area contributed by atoms with Crippen LogP contribution in [-0.2, 0) is 14.3 Å². The molecule has 0 spiro atoms. The summed E-state index contributed by atoms with van der Waals surface area (Å²) in [5.74, 6) is -0.964. The normalized spacial score (nSPS) is 11.6. The quantitative estimate of drug-likeness (QED) is 0.547. The van der Waals surface area contributed by atoms with E-state index in [0.717, 1.165) is 5.57 Å². The van der Waals surface area contributed by atoms with Gasteiger partial charge in [0.1, 0.15) is 0 Å². The van der Waals surface area contributed by atoms with Gasteiger partial charge in [-0.1, -0.05) is 12.5 Å². The lowest BCUT2D eigenvalue weighted by Gasteiger charge is -2.23. The van der Waals surface area contributed by atoms with Gasteiger partial charge in [0, 0.05) is 19.2 Å². The minimum absolute atomic E-state index is 0.129. The van der Waals surface area contributed by atoms with Crippen molar-refractivity contribution in [3.05, 3.63) is 11.6 Å². The molecule has 1 amide bonds. The molecule has 0 saturated carbocycles. The maximum atomic E-state index is 11.8. The molecule has 0 saturated heterocycles. The van der Waals surface area contributed by atoms with Crippen LogP contribution < -0.4 is 0 Å². The van der Waals surface area contributed by atoms with E-state index >= 15 is 0 Å². The van der Waals surface area contributed by atoms with Crippen molar-refractivity contribution >= 4 is 11.9 Å². The highest BCUT2D eigenvalue weighted by Gasteiger charge is 2.19. The first-order valence-electron chi connectivity index (χ1n) is 5.54. The van der Waals surface area contributed by atoms with Crippen molar-refractivity contribution in [3.8, 4) is 0 Å². The molecule has 0 aliphatic carbocycles. The molecule has 0 aromatic rings. The van der Waals surface area contributed by atoms with Crippen LogP contribution >= 0.6 is 0 Å². The molecule has 0 rings (SSSR count). The minimum Gasteiger partial charge on any atom is -0.469 e. The average molecular weight is 243 g/mol. The number of nitrogens with zero attached hydrogens (tertiary/aromatic N) is 1. The number of rotatable bonds is 6. The topological polar surface area (TPSA) is 66.8 Å². The standard InChI is InChI=1S/C12H21NO4/c1-9(2)7-11(15)13(5-6-14)8-10(3)12(16)17-4/h7,10,14H,5-6,8H2,1-4H3. The Morgan fingerprint density at radius 2 is 2.00 bits per heavy atom. The van der Waals surface area contributed by atoms with Gasteiger partial charge >= 0.3 is 5.97 Å². The molecule has 0 heterocycles. The van der Waals surface area contributed by atoms with E-state index in [9.17, 15) is 9.59 Å². The lowest BCUT2D eigenvalue weighted by atomic mass is 10.1. The number of allylic oxidation sites excluding steroid dienone is 1. The minimum atomic E-state index is -0.402. The molecule has 1 unspecified atom stereocenters. The van der Waals surface area contributed by atoms with E-state index in [4.69, 9.17) is 5.11 Å². The Bertz CT molecular complexity index is 295. The summed E-state index contributed by atoms with van der Waals surface area (Å²) >= 11 is 0. The summed E-state index contributed by atoms with van der Waals surface area (Å²) in [5, 5.41) is 8.90. The molecule has 0 aromatic carbocycles. The molecule has 0 radical (unpaired) electrons. The molecule has 0 aliphatic rings. The Labute approximate surface area is 102 Å². The first-order valence-corrected chi connectivity index (χ1v) is 5.54. The van der Waals surface area contributed by atoms with Gasteiger partial charge in [-0.3, -0.25) is 9.59 Å². The fourth-order valence-electron chi connectivity index (χ4n) is 1.36. The second kappa shape index (κ2) is 7.84. The van der Waals surface area contributed by atoms with Crippen molar-refractivity contribution in [2.75, 3.05) is 26.8 Å². The number of hydrogen-bond donors (Lipinski definition) is 1. The fraction of sp³-hybridized carbons (Fsp3) is 0.667. The summed E-state index contributed by atoms with van der Waals surface area (Å²) in [5.41, 5.74) is 0.878. The summed E-state index contributed by atoms with van der Waals surface area (Å²) in [4.78, 5) is 24.5. The van der Waals surface area contributed by atoms with Crippen molar-refractivity contribution < 1.29 is 19.4 Å². The predicted octanol–water partition coefficient (Wildman–Crippen LogP) is 0.583. The second-order valence-corrected chi connectivity index (χ2v) is 4.15. The van der Waals surface area contributed by atoms with Crippen LogP contribution in [0.15, 0.2) is 11.6 Å². The molecule has 17 heavy (non-hydrogen) atoms. The van der Waals surface area contributed by atoms with Gasteiger partial charge < -0.3 is 14.7 Å². The van der Waals surface area contributed by atoms with Gasteiger partial charge in [-0.2, -0.15) is 0 Å². The summed E-state index contributed by atoms with van der Waals surface area (Å²) < 4.78 is 4.60. The van der Waals surface area contributed by atoms with Crippen LogP contribution in [0.25, 0.3) is 0 Å². The van der Waals surface area contributed by atoms with E-state index in [1.807, 2.05) is 13.8 Å². The van der Waals surface area contributed by atoms with Crippen molar-refractivity contribution in [1.82, 2.24) is 4.90 Å². The van der Waals surface area contributed by atoms with Crippen LogP contribution in [0.4, 0.5) is 0 Å². The highest BCUT2D eigenvalue weighted by Crippen LogP contribution is 2.04. The third-order valence-corrected chi connectivity index (χ3v) is 2.19. The van der Waals surface area contributed by atoms with E-state index in [-0.39, 0.29) is 31.6 Å². The summed E-state index contributed by atoms with van der Waals surface area (Å²) in [6, 6.07) is 0. The molecule has 98 valence electrons. The number of aliphatic hydroxyl groups excluding tert-OH is 1. The van der Waals surface area contributed by atoms with Gasteiger partial charge in [-0.15, -0.1) is 0 Å². The van der Waals surface area contributed by atoms with Gasteiger partial charge in [0.2, 0.25) is 5.91 Å². The molecule has 0 aromatic heterocycles. The van der Waals surface area contributed by atoms with Gasteiger partial charge in [0.25, 0.3) is 0 Å². The monoisotopic (exact) mass is 243 g/mol. The number of esters is 1. The number of hydrogen-bond acceptors (Lipinski definition) is 4. The third kappa shape index (κ3) is 6.06. The van der Waals surface area contributed by atoms with Gasteiger partial charge in [-0.25, -0.2) is 0 Å². The SMILES string of the molecule is COC(=O)C(C)CN(CCO)C(=O)C=C(C)C. The van der Waals surface area contributed by atoms with Crippen LogP contribution in [0.5, 0.6) is 0 Å². The van der Waals surface area contributed by atoms with Crippen LogP contribution in [0, 0.1) is 5.92 Å². The molecule has 5 heteroatoms. The molecule has 0 fully saturated rings. The van der Waals surface area contributed by atoms with E-state index in [2.05, 4.69) is 4.74 Å². The number of ether oxygens (including phenoxy) is 1. The average Bonchev–Trinajstić information content (AvgIpc) is 2.26.